The van der Waals surface area contributed by atoms with Crippen molar-refractivity contribution >= 4 is 17.3 Å². The molecule has 0 unspecified atom stereocenters. The fourth-order valence-corrected chi connectivity index (χ4v) is 3.50. The van der Waals surface area contributed by atoms with Gasteiger partial charge in [-0.2, -0.15) is 14.9 Å². The molecular formula is C19H21N7O. The first-order valence-corrected chi connectivity index (χ1v) is 8.98. The number of nitriles is 1. The molecule has 1 fully saturated rings. The number of anilines is 2. The summed E-state index contributed by atoms with van der Waals surface area (Å²) in [6.07, 6.45) is 1.68. The van der Waals surface area contributed by atoms with Crippen molar-refractivity contribution in [3.05, 3.63) is 52.1 Å². The molecule has 0 amide bonds. The van der Waals surface area contributed by atoms with E-state index in [-0.39, 0.29) is 12.2 Å². The molecule has 8 heteroatoms. The van der Waals surface area contributed by atoms with Crippen molar-refractivity contribution in [1.29, 1.82) is 5.26 Å². The maximum Gasteiger partial charge on any atom is 0.352 e. The number of aryl methyl sites for hydroxylation is 1. The quantitative estimate of drug-likeness (QED) is 0.699. The number of rotatable bonds is 3. The third kappa shape index (κ3) is 3.01. The lowest BCUT2D eigenvalue weighted by atomic mass is 10.1. The zero-order chi connectivity index (χ0) is 19.0. The lowest BCUT2D eigenvalue weighted by Gasteiger charge is -2.37. The van der Waals surface area contributed by atoms with E-state index < -0.39 is 0 Å². The van der Waals surface area contributed by atoms with Gasteiger partial charge >= 0.3 is 5.69 Å². The molecule has 0 radical (unpaired) electrons. The van der Waals surface area contributed by atoms with E-state index in [1.165, 1.54) is 21.2 Å². The van der Waals surface area contributed by atoms with Gasteiger partial charge in [-0.15, -0.1) is 5.10 Å². The van der Waals surface area contributed by atoms with Gasteiger partial charge in [-0.05, 0) is 37.1 Å². The Morgan fingerprint density at radius 2 is 1.85 bits per heavy atom. The SMILES string of the molecule is Cc1cccc(N2CCN(c3ccn4c(=O)n(CC#N)nc4n3)CC2)c1C. The maximum absolute atomic E-state index is 12.1. The van der Waals surface area contributed by atoms with E-state index >= 15 is 0 Å². The molecule has 0 bridgehead atoms. The van der Waals surface area contributed by atoms with Gasteiger partial charge in [-0.1, -0.05) is 12.1 Å². The van der Waals surface area contributed by atoms with Gasteiger partial charge in [-0.3, -0.25) is 0 Å². The predicted octanol–water partition coefficient (Wildman–Crippen LogP) is 1.36. The van der Waals surface area contributed by atoms with E-state index in [0.29, 0.717) is 5.78 Å². The molecule has 4 rings (SSSR count). The van der Waals surface area contributed by atoms with Gasteiger partial charge in [0.2, 0.25) is 0 Å². The Morgan fingerprint density at radius 3 is 2.59 bits per heavy atom. The van der Waals surface area contributed by atoms with Crippen LogP contribution in [0.2, 0.25) is 0 Å². The Labute approximate surface area is 156 Å². The van der Waals surface area contributed by atoms with Crippen LogP contribution < -0.4 is 15.5 Å². The van der Waals surface area contributed by atoms with Gasteiger partial charge < -0.3 is 9.80 Å². The monoisotopic (exact) mass is 363 g/mol. The van der Waals surface area contributed by atoms with Crippen molar-refractivity contribution in [2.75, 3.05) is 36.0 Å². The average molecular weight is 363 g/mol. The predicted molar refractivity (Wildman–Crippen MR) is 103 cm³/mol. The van der Waals surface area contributed by atoms with E-state index in [1.807, 2.05) is 12.1 Å². The van der Waals surface area contributed by atoms with Crippen LogP contribution in [0.4, 0.5) is 11.5 Å². The van der Waals surface area contributed by atoms with E-state index in [9.17, 15) is 4.79 Å². The number of benzene rings is 1. The molecule has 8 nitrogen and oxygen atoms in total. The van der Waals surface area contributed by atoms with E-state index in [4.69, 9.17) is 5.26 Å². The highest BCUT2D eigenvalue weighted by Gasteiger charge is 2.20. The third-order valence-electron chi connectivity index (χ3n) is 5.18. The standard InChI is InChI=1S/C19H21N7O/c1-14-4-3-5-16(15(14)2)23-10-12-24(13-11-23)17-6-8-25-18(21-17)22-26(9-7-20)19(25)27/h3-6,8H,9-13H2,1-2H3. The molecule has 3 aromatic rings. The summed E-state index contributed by atoms with van der Waals surface area (Å²) < 4.78 is 2.50. The molecular weight excluding hydrogens is 342 g/mol. The van der Waals surface area contributed by atoms with E-state index in [2.05, 4.69) is 51.9 Å². The highest BCUT2D eigenvalue weighted by atomic mass is 16.2. The van der Waals surface area contributed by atoms with E-state index in [0.717, 1.165) is 36.7 Å². The molecule has 0 atom stereocenters. The number of hydrogen-bond donors (Lipinski definition) is 0. The van der Waals surface area contributed by atoms with Gasteiger partial charge in [0.15, 0.2) is 0 Å². The van der Waals surface area contributed by atoms with Crippen LogP contribution in [0.1, 0.15) is 11.1 Å². The van der Waals surface area contributed by atoms with Gasteiger partial charge in [-0.25, -0.2) is 9.20 Å². The summed E-state index contributed by atoms with van der Waals surface area (Å²) in [5.41, 5.74) is 3.58. The van der Waals surface area contributed by atoms with Crippen molar-refractivity contribution in [3.63, 3.8) is 0 Å². The largest absolute Gasteiger partial charge is 0.368 e. The minimum absolute atomic E-state index is 0.0773. The topological polar surface area (TPSA) is 82.5 Å². The molecule has 1 saturated heterocycles. The average Bonchev–Trinajstić information content (AvgIpc) is 3.00. The molecule has 2 aromatic heterocycles. The molecule has 27 heavy (non-hydrogen) atoms. The second kappa shape index (κ2) is 6.76. The molecule has 3 heterocycles. The molecule has 0 aliphatic carbocycles. The molecule has 1 aliphatic heterocycles. The normalized spacial score (nSPS) is 14.6. The molecule has 0 N–H and O–H groups in total. The summed E-state index contributed by atoms with van der Waals surface area (Å²) in [6.45, 7) is 7.74. The van der Waals surface area contributed by atoms with Crippen LogP contribution in [0.25, 0.3) is 5.78 Å². The number of aromatic nitrogens is 4. The van der Waals surface area contributed by atoms with Crippen molar-refractivity contribution in [3.8, 4) is 6.07 Å². The van der Waals surface area contributed by atoms with Crippen molar-refractivity contribution in [2.45, 2.75) is 20.4 Å². The summed E-state index contributed by atoms with van der Waals surface area (Å²) >= 11 is 0. The number of nitrogens with zero attached hydrogens (tertiary/aromatic N) is 7. The molecule has 0 spiro atoms. The van der Waals surface area contributed by atoms with Crippen LogP contribution in [0.3, 0.4) is 0 Å². The summed E-state index contributed by atoms with van der Waals surface area (Å²) in [5, 5.41) is 12.9. The van der Waals surface area contributed by atoms with Crippen LogP contribution in [-0.2, 0) is 6.54 Å². The minimum atomic E-state index is -0.342. The lowest BCUT2D eigenvalue weighted by molar-refractivity contribution is 0.646. The Hall–Kier alpha value is -3.34. The summed E-state index contributed by atoms with van der Waals surface area (Å²) in [7, 11) is 0. The fourth-order valence-electron chi connectivity index (χ4n) is 3.50. The fraction of sp³-hybridized carbons (Fsp3) is 0.368. The molecule has 0 saturated carbocycles. The van der Waals surface area contributed by atoms with Gasteiger partial charge in [0.05, 0.1) is 6.07 Å². The van der Waals surface area contributed by atoms with E-state index in [1.54, 1.807) is 6.20 Å². The van der Waals surface area contributed by atoms with Gasteiger partial charge in [0.1, 0.15) is 12.4 Å². The highest BCUT2D eigenvalue weighted by Crippen LogP contribution is 2.24. The van der Waals surface area contributed by atoms with Crippen LogP contribution in [0, 0.1) is 25.2 Å². The molecule has 1 aromatic carbocycles. The van der Waals surface area contributed by atoms with Crippen LogP contribution >= 0.6 is 0 Å². The van der Waals surface area contributed by atoms with Crippen molar-refractivity contribution in [2.24, 2.45) is 0 Å². The Morgan fingerprint density at radius 1 is 1.11 bits per heavy atom. The second-order valence-corrected chi connectivity index (χ2v) is 6.75. The zero-order valence-electron chi connectivity index (χ0n) is 15.5. The smallest absolute Gasteiger partial charge is 0.352 e. The summed E-state index contributed by atoms with van der Waals surface area (Å²) in [6, 6.07) is 10.2. The Kier molecular flexibility index (Phi) is 4.28. The van der Waals surface area contributed by atoms with Gasteiger partial charge in [0, 0.05) is 38.1 Å². The number of hydrogen-bond acceptors (Lipinski definition) is 6. The maximum atomic E-state index is 12.1. The first-order chi connectivity index (χ1) is 13.1. The van der Waals surface area contributed by atoms with Crippen LogP contribution in [0.15, 0.2) is 35.3 Å². The third-order valence-corrected chi connectivity index (χ3v) is 5.18. The highest BCUT2D eigenvalue weighted by molar-refractivity contribution is 5.57. The van der Waals surface area contributed by atoms with Gasteiger partial charge in [0.25, 0.3) is 5.78 Å². The second-order valence-electron chi connectivity index (χ2n) is 6.75. The molecule has 138 valence electrons. The number of piperazine rings is 1. The van der Waals surface area contributed by atoms with Crippen LogP contribution in [-0.4, -0.2) is 45.3 Å². The zero-order valence-corrected chi connectivity index (χ0v) is 15.5. The first kappa shape index (κ1) is 17.1. The summed E-state index contributed by atoms with van der Waals surface area (Å²) in [5.74, 6) is 1.13. The van der Waals surface area contributed by atoms with Crippen LogP contribution in [0.5, 0.6) is 0 Å². The Balaban J connectivity index is 1.53. The Bertz CT molecular complexity index is 1080. The van der Waals surface area contributed by atoms with Crippen molar-refractivity contribution < 1.29 is 0 Å². The minimum Gasteiger partial charge on any atom is -0.368 e. The van der Waals surface area contributed by atoms with Crippen molar-refractivity contribution in [1.82, 2.24) is 19.2 Å². The summed E-state index contributed by atoms with van der Waals surface area (Å²) in [4.78, 5) is 21.2. The lowest BCUT2D eigenvalue weighted by Crippen LogP contribution is -2.47. The molecule has 1 aliphatic rings. The number of fused-ring (bicyclic) bond motifs is 1. The first-order valence-electron chi connectivity index (χ1n) is 8.98.